The zero-order valence-electron chi connectivity index (χ0n) is 9.45. The molecule has 2 aromatic rings. The number of anilines is 1. The van der Waals surface area contributed by atoms with Crippen LogP contribution in [0, 0.1) is 11.3 Å². The molecule has 0 unspecified atom stereocenters. The minimum Gasteiger partial charge on any atom is -0.381 e. The highest BCUT2D eigenvalue weighted by molar-refractivity contribution is 6.42. The summed E-state index contributed by atoms with van der Waals surface area (Å²) in [5, 5.41) is 13.0. The molecule has 2 aromatic carbocycles. The molecule has 0 aliphatic rings. The standard InChI is InChI=1S/C14H10Cl2N2/c15-13-3-1-2-11(14(13)16)9-18-12-6-4-10(8-17)5-7-12/h1-7,18H,9H2. The van der Waals surface area contributed by atoms with Crippen LogP contribution < -0.4 is 5.32 Å². The van der Waals surface area contributed by atoms with E-state index in [0.717, 1.165) is 11.3 Å². The summed E-state index contributed by atoms with van der Waals surface area (Å²) in [6.45, 7) is 0.589. The van der Waals surface area contributed by atoms with Gasteiger partial charge in [0.25, 0.3) is 0 Å². The fraction of sp³-hybridized carbons (Fsp3) is 0.0714. The predicted octanol–water partition coefficient (Wildman–Crippen LogP) is 4.48. The molecule has 0 aromatic heterocycles. The first-order chi connectivity index (χ1) is 8.70. The van der Waals surface area contributed by atoms with Gasteiger partial charge in [-0.05, 0) is 35.9 Å². The number of nitrogens with one attached hydrogen (secondary N) is 1. The first-order valence-corrected chi connectivity index (χ1v) is 6.13. The van der Waals surface area contributed by atoms with E-state index in [9.17, 15) is 0 Å². The van der Waals surface area contributed by atoms with Crippen LogP contribution in [0.25, 0.3) is 0 Å². The smallest absolute Gasteiger partial charge is 0.0991 e. The molecule has 90 valence electrons. The Bertz CT molecular complexity index is 586. The van der Waals surface area contributed by atoms with Crippen molar-refractivity contribution >= 4 is 28.9 Å². The van der Waals surface area contributed by atoms with E-state index < -0.39 is 0 Å². The highest BCUT2D eigenvalue weighted by Crippen LogP contribution is 2.26. The van der Waals surface area contributed by atoms with Crippen LogP contribution >= 0.6 is 23.2 Å². The van der Waals surface area contributed by atoms with Crippen molar-refractivity contribution in [2.75, 3.05) is 5.32 Å². The number of hydrogen-bond donors (Lipinski definition) is 1. The first kappa shape index (κ1) is 12.8. The van der Waals surface area contributed by atoms with Crippen LogP contribution in [0.5, 0.6) is 0 Å². The third kappa shape index (κ3) is 2.95. The van der Waals surface area contributed by atoms with Crippen molar-refractivity contribution in [2.45, 2.75) is 6.54 Å². The maximum absolute atomic E-state index is 8.70. The van der Waals surface area contributed by atoms with Crippen LogP contribution in [-0.4, -0.2) is 0 Å². The quantitative estimate of drug-likeness (QED) is 0.898. The second-order valence-corrected chi connectivity index (χ2v) is 4.54. The summed E-state index contributed by atoms with van der Waals surface area (Å²) in [5.74, 6) is 0. The molecule has 0 saturated heterocycles. The lowest BCUT2D eigenvalue weighted by molar-refractivity contribution is 1.15. The molecule has 0 bridgehead atoms. The minimum atomic E-state index is 0.552. The van der Waals surface area contributed by atoms with E-state index in [0.29, 0.717) is 22.2 Å². The summed E-state index contributed by atoms with van der Waals surface area (Å²) in [5.41, 5.74) is 2.51. The van der Waals surface area contributed by atoms with Crippen LogP contribution in [0.1, 0.15) is 11.1 Å². The highest BCUT2D eigenvalue weighted by Gasteiger charge is 2.03. The molecule has 2 nitrogen and oxygen atoms in total. The summed E-state index contributed by atoms with van der Waals surface area (Å²) in [7, 11) is 0. The van der Waals surface area contributed by atoms with E-state index in [1.165, 1.54) is 0 Å². The van der Waals surface area contributed by atoms with E-state index in [-0.39, 0.29) is 0 Å². The molecule has 0 heterocycles. The van der Waals surface area contributed by atoms with Gasteiger partial charge in [-0.25, -0.2) is 0 Å². The molecule has 0 aliphatic heterocycles. The molecule has 0 spiro atoms. The molecule has 0 amide bonds. The van der Waals surface area contributed by atoms with Crippen molar-refractivity contribution in [1.29, 1.82) is 5.26 Å². The molecule has 0 fully saturated rings. The average Bonchev–Trinajstić information content (AvgIpc) is 2.41. The van der Waals surface area contributed by atoms with Gasteiger partial charge in [-0.15, -0.1) is 0 Å². The normalized spacial score (nSPS) is 9.83. The molecule has 18 heavy (non-hydrogen) atoms. The zero-order chi connectivity index (χ0) is 13.0. The number of nitrogens with zero attached hydrogens (tertiary/aromatic N) is 1. The Morgan fingerprint density at radius 3 is 2.44 bits per heavy atom. The topological polar surface area (TPSA) is 35.8 Å². The monoisotopic (exact) mass is 276 g/mol. The largest absolute Gasteiger partial charge is 0.381 e. The van der Waals surface area contributed by atoms with E-state index in [1.807, 2.05) is 24.3 Å². The fourth-order valence-electron chi connectivity index (χ4n) is 1.54. The van der Waals surface area contributed by atoms with Crippen molar-refractivity contribution in [3.8, 4) is 6.07 Å². The molecule has 0 atom stereocenters. The maximum atomic E-state index is 8.70. The predicted molar refractivity (Wildman–Crippen MR) is 74.9 cm³/mol. The van der Waals surface area contributed by atoms with E-state index in [2.05, 4.69) is 11.4 Å². The van der Waals surface area contributed by atoms with Gasteiger partial charge >= 0.3 is 0 Å². The SMILES string of the molecule is N#Cc1ccc(NCc2cccc(Cl)c2Cl)cc1. The molecule has 2 rings (SSSR count). The van der Waals surface area contributed by atoms with Crippen molar-refractivity contribution in [3.05, 3.63) is 63.6 Å². The van der Waals surface area contributed by atoms with Gasteiger partial charge in [-0.3, -0.25) is 0 Å². The van der Waals surface area contributed by atoms with Crippen LogP contribution in [0.4, 0.5) is 5.69 Å². The summed E-state index contributed by atoms with van der Waals surface area (Å²) < 4.78 is 0. The van der Waals surface area contributed by atoms with Gasteiger partial charge < -0.3 is 5.32 Å². The molecule has 0 saturated carbocycles. The number of benzene rings is 2. The van der Waals surface area contributed by atoms with E-state index >= 15 is 0 Å². The highest BCUT2D eigenvalue weighted by atomic mass is 35.5. The molecule has 1 N–H and O–H groups in total. The van der Waals surface area contributed by atoms with E-state index in [1.54, 1.807) is 18.2 Å². The Morgan fingerprint density at radius 1 is 1.06 bits per heavy atom. The molecular weight excluding hydrogens is 267 g/mol. The number of rotatable bonds is 3. The number of halogens is 2. The first-order valence-electron chi connectivity index (χ1n) is 5.37. The van der Waals surface area contributed by atoms with Crippen LogP contribution in [0.2, 0.25) is 10.0 Å². The summed E-state index contributed by atoms with van der Waals surface area (Å²) in [6, 6.07) is 14.9. The zero-order valence-corrected chi connectivity index (χ0v) is 11.0. The second-order valence-electron chi connectivity index (χ2n) is 3.76. The summed E-state index contributed by atoms with van der Waals surface area (Å²) in [4.78, 5) is 0. The second kappa shape index (κ2) is 5.77. The lowest BCUT2D eigenvalue weighted by Crippen LogP contribution is -2.00. The fourth-order valence-corrected chi connectivity index (χ4v) is 1.93. The van der Waals surface area contributed by atoms with Gasteiger partial charge in [-0.1, -0.05) is 35.3 Å². The lowest BCUT2D eigenvalue weighted by Gasteiger charge is -2.08. The Morgan fingerprint density at radius 2 is 1.78 bits per heavy atom. The van der Waals surface area contributed by atoms with Crippen LogP contribution in [0.15, 0.2) is 42.5 Å². The van der Waals surface area contributed by atoms with Gasteiger partial charge in [0, 0.05) is 12.2 Å². The van der Waals surface area contributed by atoms with Crippen LogP contribution in [0.3, 0.4) is 0 Å². The number of nitriles is 1. The Hall–Kier alpha value is -1.69. The van der Waals surface area contributed by atoms with Gasteiger partial charge in [0.2, 0.25) is 0 Å². The Labute approximate surface area is 116 Å². The van der Waals surface area contributed by atoms with E-state index in [4.69, 9.17) is 28.5 Å². The molecular formula is C14H10Cl2N2. The molecule has 0 aliphatic carbocycles. The van der Waals surface area contributed by atoms with Gasteiger partial charge in [-0.2, -0.15) is 5.26 Å². The van der Waals surface area contributed by atoms with Crippen LogP contribution in [-0.2, 0) is 6.54 Å². The van der Waals surface area contributed by atoms with Gasteiger partial charge in [0.1, 0.15) is 0 Å². The van der Waals surface area contributed by atoms with Gasteiger partial charge in [0.05, 0.1) is 21.7 Å². The Kier molecular flexibility index (Phi) is 4.09. The minimum absolute atomic E-state index is 0.552. The third-order valence-electron chi connectivity index (χ3n) is 2.53. The van der Waals surface area contributed by atoms with Crippen molar-refractivity contribution < 1.29 is 0 Å². The number of hydrogen-bond acceptors (Lipinski definition) is 2. The van der Waals surface area contributed by atoms with Crippen molar-refractivity contribution in [1.82, 2.24) is 0 Å². The van der Waals surface area contributed by atoms with Crippen molar-refractivity contribution in [3.63, 3.8) is 0 Å². The van der Waals surface area contributed by atoms with Crippen molar-refractivity contribution in [2.24, 2.45) is 0 Å². The summed E-state index contributed by atoms with van der Waals surface area (Å²) >= 11 is 12.0. The van der Waals surface area contributed by atoms with Gasteiger partial charge in [0.15, 0.2) is 0 Å². The lowest BCUT2D eigenvalue weighted by atomic mass is 10.2. The maximum Gasteiger partial charge on any atom is 0.0991 e. The molecule has 0 radical (unpaired) electrons. The Balaban J connectivity index is 2.07. The summed E-state index contributed by atoms with van der Waals surface area (Å²) in [6.07, 6.45) is 0. The third-order valence-corrected chi connectivity index (χ3v) is 3.39. The molecule has 4 heteroatoms. The average molecular weight is 277 g/mol.